The predicted octanol–water partition coefficient (Wildman–Crippen LogP) is 4.02. The molecule has 0 aliphatic rings. The number of phenolic OH excluding ortho intramolecular Hbond substituents is 1. The summed E-state index contributed by atoms with van der Waals surface area (Å²) in [6.07, 6.45) is 3.90. The monoisotopic (exact) mass is 325 g/mol. The van der Waals surface area contributed by atoms with Crippen molar-refractivity contribution < 1.29 is 14.6 Å². The molecule has 4 nitrogen and oxygen atoms in total. The molecule has 24 heavy (non-hydrogen) atoms. The third kappa shape index (κ3) is 4.38. The number of phenols is 1. The van der Waals surface area contributed by atoms with Gasteiger partial charge in [0.05, 0.1) is 7.11 Å². The van der Waals surface area contributed by atoms with E-state index in [0.717, 1.165) is 16.7 Å². The molecule has 0 radical (unpaired) electrons. The Labute approximate surface area is 142 Å². The smallest absolute Gasteiger partial charge is 0.251 e. The number of benzene rings is 2. The Balaban J connectivity index is 2.15. The van der Waals surface area contributed by atoms with Gasteiger partial charge >= 0.3 is 0 Å². The maximum absolute atomic E-state index is 11.9. The van der Waals surface area contributed by atoms with E-state index in [1.165, 1.54) is 7.11 Å². The van der Waals surface area contributed by atoms with Crippen LogP contribution in [0.5, 0.6) is 11.5 Å². The Morgan fingerprint density at radius 3 is 2.33 bits per heavy atom. The third-order valence-electron chi connectivity index (χ3n) is 3.57. The average molecular weight is 325 g/mol. The van der Waals surface area contributed by atoms with Gasteiger partial charge in [-0.1, -0.05) is 24.3 Å². The molecule has 1 amide bonds. The quantitative estimate of drug-likeness (QED) is 0.816. The van der Waals surface area contributed by atoms with Crippen LogP contribution in [0, 0.1) is 6.92 Å². The highest BCUT2D eigenvalue weighted by atomic mass is 16.5. The lowest BCUT2D eigenvalue weighted by Crippen LogP contribution is -2.29. The first-order chi connectivity index (χ1) is 11.4. The number of hydrogen-bond acceptors (Lipinski definition) is 3. The van der Waals surface area contributed by atoms with Gasteiger partial charge in [0.2, 0.25) is 0 Å². The number of nitrogens with one attached hydrogen (secondary N) is 1. The van der Waals surface area contributed by atoms with Crippen molar-refractivity contribution in [1.82, 2.24) is 5.32 Å². The molecule has 0 unspecified atom stereocenters. The van der Waals surface area contributed by atoms with E-state index in [-0.39, 0.29) is 17.7 Å². The van der Waals surface area contributed by atoms with Crippen LogP contribution in [0.15, 0.2) is 36.4 Å². The Morgan fingerprint density at radius 2 is 1.75 bits per heavy atom. The van der Waals surface area contributed by atoms with Gasteiger partial charge in [-0.2, -0.15) is 0 Å². The van der Waals surface area contributed by atoms with Crippen LogP contribution in [0.25, 0.3) is 12.2 Å². The summed E-state index contributed by atoms with van der Waals surface area (Å²) in [5, 5.41) is 12.7. The summed E-state index contributed by atoms with van der Waals surface area (Å²) in [5.74, 6) is 0.546. The molecule has 0 spiro atoms. The lowest BCUT2D eigenvalue weighted by Gasteiger charge is -2.08. The van der Waals surface area contributed by atoms with Gasteiger partial charge in [0, 0.05) is 11.6 Å². The lowest BCUT2D eigenvalue weighted by atomic mass is 10.1. The van der Waals surface area contributed by atoms with E-state index in [1.807, 2.05) is 51.1 Å². The first-order valence-corrected chi connectivity index (χ1v) is 7.87. The molecule has 126 valence electrons. The highest BCUT2D eigenvalue weighted by Gasteiger charge is 2.07. The molecule has 0 bridgehead atoms. The fraction of sp³-hybridized carbons (Fsp3) is 0.250. The molecule has 0 atom stereocenters. The molecule has 2 aromatic carbocycles. The number of carbonyl (C=O) groups is 1. The van der Waals surface area contributed by atoms with Crippen LogP contribution in [0.3, 0.4) is 0 Å². The molecule has 0 fully saturated rings. The van der Waals surface area contributed by atoms with E-state index in [1.54, 1.807) is 18.2 Å². The van der Waals surface area contributed by atoms with Crippen molar-refractivity contribution in [3.05, 3.63) is 58.7 Å². The summed E-state index contributed by atoms with van der Waals surface area (Å²) in [7, 11) is 1.53. The molecule has 2 rings (SSSR count). The van der Waals surface area contributed by atoms with Crippen LogP contribution in [-0.2, 0) is 0 Å². The Morgan fingerprint density at radius 1 is 1.12 bits per heavy atom. The van der Waals surface area contributed by atoms with Gasteiger partial charge in [-0.15, -0.1) is 0 Å². The van der Waals surface area contributed by atoms with Gasteiger partial charge in [-0.3, -0.25) is 4.79 Å². The Kier molecular flexibility index (Phi) is 5.64. The minimum atomic E-state index is -0.0700. The first-order valence-electron chi connectivity index (χ1n) is 7.87. The first kappa shape index (κ1) is 17.6. The molecule has 0 saturated heterocycles. The lowest BCUT2D eigenvalue weighted by molar-refractivity contribution is 0.0943. The van der Waals surface area contributed by atoms with E-state index in [9.17, 15) is 9.90 Å². The normalized spacial score (nSPS) is 11.0. The zero-order valence-electron chi connectivity index (χ0n) is 14.5. The van der Waals surface area contributed by atoms with Crippen molar-refractivity contribution in [3.63, 3.8) is 0 Å². The van der Waals surface area contributed by atoms with Crippen molar-refractivity contribution in [1.29, 1.82) is 0 Å². The second-order valence-corrected chi connectivity index (χ2v) is 5.97. The second-order valence-electron chi connectivity index (χ2n) is 5.97. The van der Waals surface area contributed by atoms with Gasteiger partial charge in [0.15, 0.2) is 11.5 Å². The van der Waals surface area contributed by atoms with Crippen LogP contribution >= 0.6 is 0 Å². The van der Waals surface area contributed by atoms with Crippen molar-refractivity contribution in [3.8, 4) is 11.5 Å². The predicted molar refractivity (Wildman–Crippen MR) is 97.4 cm³/mol. The summed E-state index contributed by atoms with van der Waals surface area (Å²) in [6.45, 7) is 5.70. The van der Waals surface area contributed by atoms with Gasteiger partial charge in [0.1, 0.15) is 0 Å². The SMILES string of the molecule is COc1cc(/C=C/c2ccc(C(=O)NC(C)C)cc2)cc(C)c1O. The highest BCUT2D eigenvalue weighted by Crippen LogP contribution is 2.31. The van der Waals surface area contributed by atoms with Crippen LogP contribution < -0.4 is 10.1 Å². The maximum Gasteiger partial charge on any atom is 0.251 e. The minimum absolute atomic E-state index is 0.0700. The summed E-state index contributed by atoms with van der Waals surface area (Å²) >= 11 is 0. The number of aromatic hydroxyl groups is 1. The number of carbonyl (C=O) groups excluding carboxylic acids is 1. The van der Waals surface area contributed by atoms with E-state index in [4.69, 9.17) is 4.74 Å². The van der Waals surface area contributed by atoms with Crippen LogP contribution in [0.1, 0.15) is 40.9 Å². The fourth-order valence-electron chi connectivity index (χ4n) is 2.31. The second kappa shape index (κ2) is 7.68. The average Bonchev–Trinajstić information content (AvgIpc) is 2.55. The summed E-state index contributed by atoms with van der Waals surface area (Å²) < 4.78 is 5.16. The zero-order chi connectivity index (χ0) is 17.7. The number of methoxy groups -OCH3 is 1. The van der Waals surface area contributed by atoms with Crippen molar-refractivity contribution in [2.24, 2.45) is 0 Å². The zero-order valence-corrected chi connectivity index (χ0v) is 14.5. The van der Waals surface area contributed by atoms with Crippen molar-refractivity contribution in [2.75, 3.05) is 7.11 Å². The highest BCUT2D eigenvalue weighted by molar-refractivity contribution is 5.94. The van der Waals surface area contributed by atoms with Crippen LogP contribution in [0.4, 0.5) is 0 Å². The molecular formula is C20H23NO3. The number of amides is 1. The van der Waals surface area contributed by atoms with Gasteiger partial charge in [-0.25, -0.2) is 0 Å². The largest absolute Gasteiger partial charge is 0.504 e. The van der Waals surface area contributed by atoms with Crippen molar-refractivity contribution in [2.45, 2.75) is 26.8 Å². The summed E-state index contributed by atoms with van der Waals surface area (Å²) in [6, 6.07) is 11.2. The topological polar surface area (TPSA) is 58.6 Å². The van der Waals surface area contributed by atoms with E-state index in [0.29, 0.717) is 11.3 Å². The molecule has 0 aliphatic heterocycles. The van der Waals surface area contributed by atoms with E-state index >= 15 is 0 Å². The molecule has 2 N–H and O–H groups in total. The molecule has 0 heterocycles. The third-order valence-corrected chi connectivity index (χ3v) is 3.57. The molecule has 2 aromatic rings. The number of aryl methyl sites for hydroxylation is 1. The Hall–Kier alpha value is -2.75. The van der Waals surface area contributed by atoms with Crippen molar-refractivity contribution >= 4 is 18.1 Å². The molecule has 0 aromatic heterocycles. The molecule has 0 saturated carbocycles. The Bertz CT molecular complexity index is 746. The number of hydrogen-bond donors (Lipinski definition) is 2. The summed E-state index contributed by atoms with van der Waals surface area (Å²) in [5.41, 5.74) is 3.32. The summed E-state index contributed by atoms with van der Waals surface area (Å²) in [4.78, 5) is 11.9. The number of ether oxygens (including phenoxy) is 1. The van der Waals surface area contributed by atoms with Crippen LogP contribution in [-0.4, -0.2) is 24.2 Å². The minimum Gasteiger partial charge on any atom is -0.504 e. The van der Waals surface area contributed by atoms with Gasteiger partial charge in [-0.05, 0) is 61.7 Å². The van der Waals surface area contributed by atoms with E-state index in [2.05, 4.69) is 5.32 Å². The molecule has 4 heteroatoms. The molecule has 0 aliphatic carbocycles. The van der Waals surface area contributed by atoms with Gasteiger partial charge < -0.3 is 15.2 Å². The fourth-order valence-corrected chi connectivity index (χ4v) is 2.31. The van der Waals surface area contributed by atoms with Gasteiger partial charge in [0.25, 0.3) is 5.91 Å². The standard InChI is InChI=1S/C20H23NO3/c1-13(2)21-20(23)17-9-7-15(8-10-17)5-6-16-11-14(3)19(22)18(12-16)24-4/h5-13,22H,1-4H3,(H,21,23)/b6-5+. The number of rotatable bonds is 5. The maximum atomic E-state index is 11.9. The van der Waals surface area contributed by atoms with E-state index < -0.39 is 0 Å². The van der Waals surface area contributed by atoms with Crippen LogP contribution in [0.2, 0.25) is 0 Å². The molecular weight excluding hydrogens is 302 g/mol.